The predicted octanol–water partition coefficient (Wildman–Crippen LogP) is 4.24. The number of hydrogen-bond acceptors (Lipinski definition) is 7. The van der Waals surface area contributed by atoms with Crippen LogP contribution in [0.15, 0.2) is 59.0 Å². The molecule has 1 aliphatic rings. The maximum absolute atomic E-state index is 12.8. The third-order valence-corrected chi connectivity index (χ3v) is 5.16. The Morgan fingerprint density at radius 2 is 1.91 bits per heavy atom. The molecule has 1 amide bonds. The SMILES string of the molecule is CCOc1cc([C@H]2Nc3ccccc3C(=O)N2C)ccc1OCc1ccc(C(=O)OC)o1. The average Bonchev–Trinajstić information content (AvgIpc) is 3.29. The Kier molecular flexibility index (Phi) is 6.02. The molecule has 0 spiro atoms. The lowest BCUT2D eigenvalue weighted by Gasteiger charge is -2.35. The largest absolute Gasteiger partial charge is 0.490 e. The zero-order chi connectivity index (χ0) is 22.7. The Balaban J connectivity index is 1.55. The summed E-state index contributed by atoms with van der Waals surface area (Å²) in [7, 11) is 3.05. The van der Waals surface area contributed by atoms with Crippen molar-refractivity contribution in [2.45, 2.75) is 19.7 Å². The fraction of sp³-hybridized carbons (Fsp3) is 0.250. The number of nitrogens with zero attached hydrogens (tertiary/aromatic N) is 1. The van der Waals surface area contributed by atoms with Crippen LogP contribution < -0.4 is 14.8 Å². The Labute approximate surface area is 185 Å². The number of carbonyl (C=O) groups excluding carboxylic acids is 2. The lowest BCUT2D eigenvalue weighted by molar-refractivity contribution is 0.0560. The van der Waals surface area contributed by atoms with E-state index in [2.05, 4.69) is 10.1 Å². The summed E-state index contributed by atoms with van der Waals surface area (Å²) < 4.78 is 21.8. The lowest BCUT2D eigenvalue weighted by atomic mass is 10.0. The standard InChI is InChI=1S/C24H24N2O6/c1-4-30-21-13-15(22-25-18-8-6-5-7-17(18)23(27)26(22)2)9-11-19(21)31-14-16-10-12-20(32-16)24(28)29-3/h5-13,22,25H,4,14H2,1-3H3/t22-/m0/s1. The predicted molar refractivity (Wildman–Crippen MR) is 117 cm³/mol. The zero-order valence-corrected chi connectivity index (χ0v) is 18.1. The van der Waals surface area contributed by atoms with Gasteiger partial charge in [0.15, 0.2) is 11.5 Å². The number of amides is 1. The van der Waals surface area contributed by atoms with Crippen LogP contribution in [-0.2, 0) is 11.3 Å². The van der Waals surface area contributed by atoms with E-state index in [9.17, 15) is 9.59 Å². The lowest BCUT2D eigenvalue weighted by Crippen LogP contribution is -2.40. The first-order valence-electron chi connectivity index (χ1n) is 10.2. The number of benzene rings is 2. The van der Waals surface area contributed by atoms with Gasteiger partial charge in [-0.15, -0.1) is 0 Å². The number of fused-ring (bicyclic) bond motifs is 1. The number of ether oxygens (including phenoxy) is 3. The number of furan rings is 1. The summed E-state index contributed by atoms with van der Waals surface area (Å²) in [6.07, 6.45) is -0.349. The molecule has 0 aliphatic carbocycles. The second-order valence-corrected chi connectivity index (χ2v) is 7.19. The van der Waals surface area contributed by atoms with Gasteiger partial charge in [0.05, 0.1) is 19.3 Å². The Morgan fingerprint density at radius 1 is 1.09 bits per heavy atom. The van der Waals surface area contributed by atoms with Gasteiger partial charge in [0.25, 0.3) is 5.91 Å². The maximum atomic E-state index is 12.8. The molecule has 0 bridgehead atoms. The van der Waals surface area contributed by atoms with E-state index in [1.165, 1.54) is 13.2 Å². The first-order valence-corrected chi connectivity index (χ1v) is 10.2. The molecule has 3 aromatic rings. The van der Waals surface area contributed by atoms with Crippen LogP contribution in [0.2, 0.25) is 0 Å². The smallest absolute Gasteiger partial charge is 0.373 e. The quantitative estimate of drug-likeness (QED) is 0.554. The summed E-state index contributed by atoms with van der Waals surface area (Å²) in [5.41, 5.74) is 2.29. The molecule has 8 heteroatoms. The van der Waals surface area contributed by atoms with Gasteiger partial charge in [0.1, 0.15) is 18.5 Å². The summed E-state index contributed by atoms with van der Waals surface area (Å²) in [6.45, 7) is 2.45. The summed E-state index contributed by atoms with van der Waals surface area (Å²) in [6, 6.07) is 16.2. The first-order chi connectivity index (χ1) is 15.5. The zero-order valence-electron chi connectivity index (χ0n) is 18.1. The first kappa shape index (κ1) is 21.3. The number of anilines is 1. The van der Waals surface area contributed by atoms with Gasteiger partial charge in [0, 0.05) is 12.7 Å². The molecule has 0 fully saturated rings. The third-order valence-electron chi connectivity index (χ3n) is 5.16. The summed E-state index contributed by atoms with van der Waals surface area (Å²) >= 11 is 0. The third kappa shape index (κ3) is 4.12. The Hall–Kier alpha value is -3.94. The van der Waals surface area contributed by atoms with E-state index < -0.39 is 5.97 Å². The molecule has 1 aliphatic heterocycles. The van der Waals surface area contributed by atoms with Crippen molar-refractivity contribution in [1.29, 1.82) is 0 Å². The highest BCUT2D eigenvalue weighted by molar-refractivity contribution is 6.01. The van der Waals surface area contributed by atoms with Crippen molar-refractivity contribution < 1.29 is 28.2 Å². The minimum absolute atomic E-state index is 0.0538. The topological polar surface area (TPSA) is 90.2 Å². The van der Waals surface area contributed by atoms with Crippen molar-refractivity contribution in [3.05, 3.63) is 77.2 Å². The van der Waals surface area contributed by atoms with E-state index in [1.54, 1.807) is 30.1 Å². The highest BCUT2D eigenvalue weighted by Crippen LogP contribution is 2.36. The van der Waals surface area contributed by atoms with E-state index in [-0.39, 0.29) is 24.4 Å². The van der Waals surface area contributed by atoms with Crippen molar-refractivity contribution in [2.24, 2.45) is 0 Å². The van der Waals surface area contributed by atoms with Crippen molar-refractivity contribution in [3.63, 3.8) is 0 Å². The van der Waals surface area contributed by atoms with Crippen LogP contribution in [-0.4, -0.2) is 37.5 Å². The highest BCUT2D eigenvalue weighted by atomic mass is 16.5. The van der Waals surface area contributed by atoms with Crippen molar-refractivity contribution >= 4 is 17.6 Å². The molecule has 2 aromatic carbocycles. The molecule has 8 nitrogen and oxygen atoms in total. The minimum Gasteiger partial charge on any atom is -0.490 e. The van der Waals surface area contributed by atoms with Crippen LogP contribution in [0, 0.1) is 0 Å². The van der Waals surface area contributed by atoms with Gasteiger partial charge in [-0.1, -0.05) is 18.2 Å². The molecular formula is C24H24N2O6. The van der Waals surface area contributed by atoms with E-state index >= 15 is 0 Å². The van der Waals surface area contributed by atoms with Gasteiger partial charge >= 0.3 is 5.97 Å². The Morgan fingerprint density at radius 3 is 2.69 bits per heavy atom. The molecule has 32 heavy (non-hydrogen) atoms. The van der Waals surface area contributed by atoms with Crippen LogP contribution in [0.3, 0.4) is 0 Å². The summed E-state index contributed by atoms with van der Waals surface area (Å²) in [5.74, 6) is 1.07. The summed E-state index contributed by atoms with van der Waals surface area (Å²) in [4.78, 5) is 26.0. The Bertz CT molecular complexity index is 1140. The van der Waals surface area contributed by atoms with Gasteiger partial charge in [-0.3, -0.25) is 4.79 Å². The van der Waals surface area contributed by atoms with E-state index in [4.69, 9.17) is 13.9 Å². The van der Waals surface area contributed by atoms with Gasteiger partial charge in [0.2, 0.25) is 5.76 Å². The second-order valence-electron chi connectivity index (χ2n) is 7.19. The average molecular weight is 436 g/mol. The number of methoxy groups -OCH3 is 1. The maximum Gasteiger partial charge on any atom is 0.373 e. The fourth-order valence-corrected chi connectivity index (χ4v) is 3.55. The van der Waals surface area contributed by atoms with Crippen LogP contribution in [0.4, 0.5) is 5.69 Å². The van der Waals surface area contributed by atoms with E-state index in [0.717, 1.165) is 11.3 Å². The van der Waals surface area contributed by atoms with Crippen molar-refractivity contribution in [3.8, 4) is 11.5 Å². The molecule has 1 N–H and O–H groups in total. The van der Waals surface area contributed by atoms with Crippen LogP contribution in [0.1, 0.15) is 45.3 Å². The molecule has 166 valence electrons. The number of hydrogen-bond donors (Lipinski definition) is 1. The second kappa shape index (κ2) is 9.05. The summed E-state index contributed by atoms with van der Waals surface area (Å²) in [5, 5.41) is 3.41. The van der Waals surface area contributed by atoms with Gasteiger partial charge in [-0.05, 0) is 48.9 Å². The number of rotatable bonds is 7. The molecule has 0 radical (unpaired) electrons. The monoisotopic (exact) mass is 436 g/mol. The molecule has 0 saturated carbocycles. The number of nitrogens with one attached hydrogen (secondary N) is 1. The van der Waals surface area contributed by atoms with Gasteiger partial charge in [-0.2, -0.15) is 0 Å². The fourth-order valence-electron chi connectivity index (χ4n) is 3.55. The highest BCUT2D eigenvalue weighted by Gasteiger charge is 2.30. The van der Waals surface area contributed by atoms with Crippen molar-refractivity contribution in [2.75, 3.05) is 26.1 Å². The number of esters is 1. The van der Waals surface area contributed by atoms with Crippen LogP contribution in [0.5, 0.6) is 11.5 Å². The minimum atomic E-state index is -0.546. The molecule has 2 heterocycles. The number of para-hydroxylation sites is 1. The van der Waals surface area contributed by atoms with Crippen LogP contribution in [0.25, 0.3) is 0 Å². The molecule has 1 atom stereocenters. The van der Waals surface area contributed by atoms with Gasteiger partial charge in [-0.25, -0.2) is 4.79 Å². The van der Waals surface area contributed by atoms with Crippen LogP contribution >= 0.6 is 0 Å². The number of carbonyl (C=O) groups is 2. The van der Waals surface area contributed by atoms with E-state index in [1.807, 2.05) is 37.3 Å². The molecule has 0 unspecified atom stereocenters. The molecule has 0 saturated heterocycles. The normalized spacial score (nSPS) is 15.0. The molecule has 4 rings (SSSR count). The van der Waals surface area contributed by atoms with E-state index in [0.29, 0.717) is 29.4 Å². The van der Waals surface area contributed by atoms with Crippen molar-refractivity contribution in [1.82, 2.24) is 4.90 Å². The van der Waals surface area contributed by atoms with Gasteiger partial charge < -0.3 is 28.8 Å². The molecular weight excluding hydrogens is 412 g/mol. The molecule has 1 aromatic heterocycles.